The molecule has 0 fully saturated rings. The fourth-order valence-corrected chi connectivity index (χ4v) is 1.82. The van der Waals surface area contributed by atoms with E-state index in [2.05, 4.69) is 4.98 Å². The minimum Gasteiger partial charge on any atom is -0.478 e. The number of esters is 1. The van der Waals surface area contributed by atoms with E-state index in [1.807, 2.05) is 0 Å². The number of ether oxygens (including phenoxy) is 1. The number of carboxylic acids is 1. The largest absolute Gasteiger partial charge is 0.478 e. The van der Waals surface area contributed by atoms with Gasteiger partial charge in [0.15, 0.2) is 0 Å². The second kappa shape index (κ2) is 6.12. The third kappa shape index (κ3) is 3.54. The third-order valence-corrected chi connectivity index (χ3v) is 2.71. The van der Waals surface area contributed by atoms with E-state index in [9.17, 15) is 9.59 Å². The molecule has 16 heavy (non-hydrogen) atoms. The van der Waals surface area contributed by atoms with Crippen LogP contribution in [0.5, 0.6) is 0 Å². The monoisotopic (exact) mass is 241 g/mol. The maximum atomic E-state index is 11.1. The normalized spacial score (nSPS) is 9.81. The summed E-state index contributed by atoms with van der Waals surface area (Å²) in [6.45, 7) is 2.04. The van der Waals surface area contributed by atoms with Gasteiger partial charge in [-0.05, 0) is 13.0 Å². The van der Waals surface area contributed by atoms with Crippen molar-refractivity contribution in [2.24, 2.45) is 0 Å². The van der Waals surface area contributed by atoms with Crippen LogP contribution in [0.1, 0.15) is 17.3 Å². The fourth-order valence-electron chi connectivity index (χ4n) is 1.01. The number of aromatic nitrogens is 1. The van der Waals surface area contributed by atoms with Gasteiger partial charge in [0.1, 0.15) is 0 Å². The Balaban J connectivity index is 2.66. The lowest BCUT2D eigenvalue weighted by molar-refractivity contribution is -0.139. The molecule has 0 saturated carbocycles. The first-order valence-corrected chi connectivity index (χ1v) is 5.59. The Morgan fingerprint density at radius 2 is 2.31 bits per heavy atom. The summed E-state index contributed by atoms with van der Waals surface area (Å²) in [7, 11) is 0. The Bertz CT molecular complexity index is 394. The van der Waals surface area contributed by atoms with Crippen molar-refractivity contribution in [1.82, 2.24) is 4.98 Å². The zero-order valence-electron chi connectivity index (χ0n) is 8.67. The number of hydrogen-bond donors (Lipinski definition) is 1. The Labute approximate surface area is 96.8 Å². The summed E-state index contributed by atoms with van der Waals surface area (Å²) in [5.74, 6) is -1.32. The number of thioether (sulfide) groups is 1. The lowest BCUT2D eigenvalue weighted by atomic mass is 10.3. The molecule has 0 unspecified atom stereocenters. The molecule has 0 bridgehead atoms. The Morgan fingerprint density at radius 1 is 1.56 bits per heavy atom. The quantitative estimate of drug-likeness (QED) is 0.621. The highest BCUT2D eigenvalue weighted by Gasteiger charge is 2.12. The van der Waals surface area contributed by atoms with Crippen molar-refractivity contribution < 1.29 is 19.4 Å². The number of carboxylic acid groups (broad SMARTS) is 1. The van der Waals surface area contributed by atoms with E-state index >= 15 is 0 Å². The van der Waals surface area contributed by atoms with Gasteiger partial charge in [0, 0.05) is 17.3 Å². The van der Waals surface area contributed by atoms with Crippen molar-refractivity contribution in [3.05, 3.63) is 24.0 Å². The molecule has 6 heteroatoms. The molecule has 0 aliphatic rings. The zero-order chi connectivity index (χ0) is 12.0. The van der Waals surface area contributed by atoms with Crippen LogP contribution in [-0.2, 0) is 9.53 Å². The van der Waals surface area contributed by atoms with E-state index in [-0.39, 0.29) is 17.3 Å². The molecule has 0 spiro atoms. The van der Waals surface area contributed by atoms with Gasteiger partial charge in [0.2, 0.25) is 0 Å². The van der Waals surface area contributed by atoms with Crippen molar-refractivity contribution in [1.29, 1.82) is 0 Å². The number of aromatic carboxylic acids is 1. The van der Waals surface area contributed by atoms with E-state index in [1.165, 1.54) is 12.4 Å². The van der Waals surface area contributed by atoms with Crippen LogP contribution in [0.25, 0.3) is 0 Å². The van der Waals surface area contributed by atoms with E-state index in [4.69, 9.17) is 9.84 Å². The average Bonchev–Trinajstić information content (AvgIpc) is 2.27. The first-order chi connectivity index (χ1) is 7.65. The maximum Gasteiger partial charge on any atom is 0.338 e. The standard InChI is InChI=1S/C10H11NO4S/c1-2-15-9(12)6-16-8-3-4-11-5-7(8)10(13)14/h3-5H,2,6H2,1H3,(H,13,14). The van der Waals surface area contributed by atoms with Gasteiger partial charge in [-0.3, -0.25) is 9.78 Å². The molecule has 5 nitrogen and oxygen atoms in total. The van der Waals surface area contributed by atoms with Crippen LogP contribution in [0, 0.1) is 0 Å². The third-order valence-electron chi connectivity index (χ3n) is 1.66. The molecule has 1 aromatic rings. The first-order valence-electron chi connectivity index (χ1n) is 4.61. The highest BCUT2D eigenvalue weighted by Crippen LogP contribution is 2.21. The van der Waals surface area contributed by atoms with E-state index < -0.39 is 5.97 Å². The van der Waals surface area contributed by atoms with Crippen molar-refractivity contribution >= 4 is 23.7 Å². The second-order valence-electron chi connectivity index (χ2n) is 2.77. The van der Waals surface area contributed by atoms with Crippen molar-refractivity contribution in [2.45, 2.75) is 11.8 Å². The van der Waals surface area contributed by atoms with Crippen molar-refractivity contribution in [3.63, 3.8) is 0 Å². The molecule has 0 saturated heterocycles. The van der Waals surface area contributed by atoms with Crippen LogP contribution >= 0.6 is 11.8 Å². The van der Waals surface area contributed by atoms with Crippen LogP contribution in [0.15, 0.2) is 23.4 Å². The smallest absolute Gasteiger partial charge is 0.338 e. The molecule has 86 valence electrons. The molecule has 0 aromatic carbocycles. The summed E-state index contributed by atoms with van der Waals surface area (Å²) in [5.41, 5.74) is 0.0943. The van der Waals surface area contributed by atoms with Gasteiger partial charge in [0.25, 0.3) is 0 Å². The van der Waals surface area contributed by atoms with Crippen LogP contribution in [0.3, 0.4) is 0 Å². The highest BCUT2D eigenvalue weighted by molar-refractivity contribution is 8.00. The average molecular weight is 241 g/mol. The minimum absolute atomic E-state index is 0.0943. The van der Waals surface area contributed by atoms with E-state index in [1.54, 1.807) is 13.0 Å². The van der Waals surface area contributed by atoms with Crippen molar-refractivity contribution in [2.75, 3.05) is 12.4 Å². The van der Waals surface area contributed by atoms with E-state index in [0.29, 0.717) is 11.5 Å². The number of rotatable bonds is 5. The van der Waals surface area contributed by atoms with Crippen LogP contribution in [0.4, 0.5) is 0 Å². The van der Waals surface area contributed by atoms with Crippen LogP contribution in [-0.4, -0.2) is 34.4 Å². The van der Waals surface area contributed by atoms with Crippen LogP contribution < -0.4 is 0 Å². The molecule has 1 rings (SSSR count). The number of carbonyl (C=O) groups excluding carboxylic acids is 1. The van der Waals surface area contributed by atoms with Gasteiger partial charge in [-0.15, -0.1) is 11.8 Å². The molecule has 1 N–H and O–H groups in total. The Morgan fingerprint density at radius 3 is 2.94 bits per heavy atom. The molecule has 0 amide bonds. The van der Waals surface area contributed by atoms with Crippen LogP contribution in [0.2, 0.25) is 0 Å². The Hall–Kier alpha value is -1.56. The zero-order valence-corrected chi connectivity index (χ0v) is 9.49. The summed E-state index contributed by atoms with van der Waals surface area (Å²) in [6, 6.07) is 1.56. The second-order valence-corrected chi connectivity index (χ2v) is 3.79. The topological polar surface area (TPSA) is 76.5 Å². The summed E-state index contributed by atoms with van der Waals surface area (Å²) in [5, 5.41) is 8.86. The summed E-state index contributed by atoms with van der Waals surface area (Å²) < 4.78 is 4.74. The summed E-state index contributed by atoms with van der Waals surface area (Å²) in [4.78, 5) is 26.1. The molecule has 1 aromatic heterocycles. The Kier molecular flexibility index (Phi) is 4.78. The molecule has 0 atom stereocenters. The van der Waals surface area contributed by atoms with E-state index in [0.717, 1.165) is 11.8 Å². The molecule has 1 heterocycles. The van der Waals surface area contributed by atoms with Crippen molar-refractivity contribution in [3.8, 4) is 0 Å². The molecule has 0 aliphatic carbocycles. The fraction of sp³-hybridized carbons (Fsp3) is 0.300. The molecule has 0 radical (unpaired) electrons. The van der Waals surface area contributed by atoms with Gasteiger partial charge >= 0.3 is 11.9 Å². The molecule has 0 aliphatic heterocycles. The lowest BCUT2D eigenvalue weighted by Crippen LogP contribution is -2.07. The van der Waals surface area contributed by atoms with Gasteiger partial charge in [-0.1, -0.05) is 0 Å². The minimum atomic E-state index is -1.06. The van der Waals surface area contributed by atoms with Gasteiger partial charge < -0.3 is 9.84 Å². The SMILES string of the molecule is CCOC(=O)CSc1ccncc1C(=O)O. The predicted molar refractivity (Wildman–Crippen MR) is 58.6 cm³/mol. The number of carbonyl (C=O) groups is 2. The number of nitrogens with zero attached hydrogens (tertiary/aromatic N) is 1. The highest BCUT2D eigenvalue weighted by atomic mass is 32.2. The van der Waals surface area contributed by atoms with Gasteiger partial charge in [-0.25, -0.2) is 4.79 Å². The van der Waals surface area contributed by atoms with Gasteiger partial charge in [0.05, 0.1) is 17.9 Å². The number of hydrogen-bond acceptors (Lipinski definition) is 5. The summed E-state index contributed by atoms with van der Waals surface area (Å²) in [6.07, 6.45) is 2.75. The predicted octanol–water partition coefficient (Wildman–Crippen LogP) is 1.43. The van der Waals surface area contributed by atoms with Gasteiger partial charge in [-0.2, -0.15) is 0 Å². The first kappa shape index (κ1) is 12.5. The molecular weight excluding hydrogens is 230 g/mol. The molecular formula is C10H11NO4S. The lowest BCUT2D eigenvalue weighted by Gasteiger charge is -2.04. The number of pyridine rings is 1. The maximum absolute atomic E-state index is 11.1. The summed E-state index contributed by atoms with van der Waals surface area (Å²) >= 11 is 1.13.